The molecular formula is C17H17N5O2. The Labute approximate surface area is 139 Å². The molecule has 3 aromatic rings. The number of hydrogen-bond acceptors (Lipinski definition) is 7. The van der Waals surface area contributed by atoms with Gasteiger partial charge in [-0.25, -0.2) is 0 Å². The first-order valence-corrected chi connectivity index (χ1v) is 7.36. The topological polar surface area (TPSA) is 94.2 Å². The minimum Gasteiger partial charge on any atom is -0.485 e. The summed E-state index contributed by atoms with van der Waals surface area (Å²) >= 11 is 0. The SMILES string of the molecule is CN(C)c1nc(N)nc(COc2ccc3ccccc3c2C=O)n1. The van der Waals surface area contributed by atoms with E-state index in [4.69, 9.17) is 10.5 Å². The van der Waals surface area contributed by atoms with E-state index < -0.39 is 0 Å². The molecule has 0 spiro atoms. The largest absolute Gasteiger partial charge is 0.485 e. The molecule has 122 valence electrons. The molecule has 3 rings (SSSR count). The summed E-state index contributed by atoms with van der Waals surface area (Å²) in [6.45, 7) is 0.0900. The second-order valence-corrected chi connectivity index (χ2v) is 5.41. The average molecular weight is 323 g/mol. The van der Waals surface area contributed by atoms with Gasteiger partial charge in [0.15, 0.2) is 12.1 Å². The Balaban J connectivity index is 1.90. The van der Waals surface area contributed by atoms with Gasteiger partial charge in [-0.1, -0.05) is 30.3 Å². The number of carbonyl (C=O) groups excluding carboxylic acids is 1. The molecule has 0 atom stereocenters. The molecule has 7 heteroatoms. The van der Waals surface area contributed by atoms with Crippen molar-refractivity contribution in [3.05, 3.63) is 47.8 Å². The molecular weight excluding hydrogens is 306 g/mol. The number of nitrogen functional groups attached to an aromatic ring is 1. The Morgan fingerprint density at radius 1 is 1.12 bits per heavy atom. The van der Waals surface area contributed by atoms with Crippen LogP contribution < -0.4 is 15.4 Å². The fourth-order valence-electron chi connectivity index (χ4n) is 2.35. The molecule has 0 bridgehead atoms. The van der Waals surface area contributed by atoms with Gasteiger partial charge < -0.3 is 15.4 Å². The van der Waals surface area contributed by atoms with E-state index >= 15 is 0 Å². The number of aldehydes is 1. The fraction of sp³-hybridized carbons (Fsp3) is 0.176. The molecule has 2 aromatic carbocycles. The Kier molecular flexibility index (Phi) is 4.24. The van der Waals surface area contributed by atoms with Gasteiger partial charge in [0.2, 0.25) is 11.9 Å². The lowest BCUT2D eigenvalue weighted by molar-refractivity contribution is 0.112. The van der Waals surface area contributed by atoms with Gasteiger partial charge in [-0.2, -0.15) is 15.0 Å². The zero-order valence-electron chi connectivity index (χ0n) is 13.4. The predicted octanol–water partition coefficient (Wildman–Crippen LogP) is 2.06. The molecule has 0 aliphatic carbocycles. The molecule has 1 heterocycles. The highest BCUT2D eigenvalue weighted by atomic mass is 16.5. The summed E-state index contributed by atoms with van der Waals surface area (Å²) in [7, 11) is 3.63. The van der Waals surface area contributed by atoms with Crippen LogP contribution in [0.25, 0.3) is 10.8 Å². The quantitative estimate of drug-likeness (QED) is 0.718. The molecule has 0 radical (unpaired) electrons. The lowest BCUT2D eigenvalue weighted by atomic mass is 10.0. The van der Waals surface area contributed by atoms with Crippen LogP contribution in [-0.2, 0) is 6.61 Å². The number of fused-ring (bicyclic) bond motifs is 1. The molecule has 0 fully saturated rings. The molecule has 0 aliphatic rings. The minimum absolute atomic E-state index is 0.0900. The zero-order valence-corrected chi connectivity index (χ0v) is 13.4. The highest BCUT2D eigenvalue weighted by Gasteiger charge is 2.11. The van der Waals surface area contributed by atoms with Gasteiger partial charge in [-0.3, -0.25) is 4.79 Å². The van der Waals surface area contributed by atoms with E-state index in [1.54, 1.807) is 11.0 Å². The van der Waals surface area contributed by atoms with Crippen molar-refractivity contribution in [1.29, 1.82) is 0 Å². The van der Waals surface area contributed by atoms with Crippen LogP contribution in [-0.4, -0.2) is 35.3 Å². The Morgan fingerprint density at radius 2 is 1.92 bits per heavy atom. The molecule has 0 saturated heterocycles. The third kappa shape index (κ3) is 3.10. The summed E-state index contributed by atoms with van der Waals surface area (Å²) in [6.07, 6.45) is 0.796. The molecule has 24 heavy (non-hydrogen) atoms. The third-order valence-electron chi connectivity index (χ3n) is 3.49. The monoisotopic (exact) mass is 323 g/mol. The Morgan fingerprint density at radius 3 is 2.67 bits per heavy atom. The predicted molar refractivity (Wildman–Crippen MR) is 92.2 cm³/mol. The Hall–Kier alpha value is -3.22. The van der Waals surface area contributed by atoms with E-state index in [9.17, 15) is 4.79 Å². The number of anilines is 2. The van der Waals surface area contributed by atoms with Crippen LogP contribution in [0.4, 0.5) is 11.9 Å². The molecule has 0 unspecified atom stereocenters. The van der Waals surface area contributed by atoms with E-state index in [0.29, 0.717) is 23.1 Å². The number of carbonyl (C=O) groups is 1. The third-order valence-corrected chi connectivity index (χ3v) is 3.49. The first-order chi connectivity index (χ1) is 11.6. The summed E-state index contributed by atoms with van der Waals surface area (Å²) in [4.78, 5) is 25.6. The second kappa shape index (κ2) is 6.49. The molecule has 0 aliphatic heterocycles. The maximum atomic E-state index is 11.5. The van der Waals surface area contributed by atoms with Crippen LogP contribution in [0.1, 0.15) is 16.2 Å². The zero-order chi connectivity index (χ0) is 17.1. The fourth-order valence-corrected chi connectivity index (χ4v) is 2.35. The average Bonchev–Trinajstić information content (AvgIpc) is 2.58. The standard InChI is InChI=1S/C17H17N5O2/c1-22(2)17-20-15(19-16(18)21-17)10-24-14-8-7-11-5-3-4-6-12(11)13(14)9-23/h3-9H,10H2,1-2H3,(H2,18,19,20,21). The molecule has 1 aromatic heterocycles. The molecule has 7 nitrogen and oxygen atoms in total. The summed E-state index contributed by atoms with van der Waals surface area (Å²) in [6, 6.07) is 11.3. The van der Waals surface area contributed by atoms with Crippen molar-refractivity contribution in [2.45, 2.75) is 6.61 Å². The van der Waals surface area contributed by atoms with Crippen molar-refractivity contribution in [3.8, 4) is 5.75 Å². The van der Waals surface area contributed by atoms with Gasteiger partial charge in [0.05, 0.1) is 5.56 Å². The van der Waals surface area contributed by atoms with Crippen molar-refractivity contribution in [2.75, 3.05) is 24.7 Å². The van der Waals surface area contributed by atoms with Crippen molar-refractivity contribution in [3.63, 3.8) is 0 Å². The number of nitrogens with zero attached hydrogens (tertiary/aromatic N) is 4. The molecule has 2 N–H and O–H groups in total. The van der Waals surface area contributed by atoms with Gasteiger partial charge in [-0.05, 0) is 16.8 Å². The smallest absolute Gasteiger partial charge is 0.230 e. The highest BCUT2D eigenvalue weighted by Crippen LogP contribution is 2.27. The van der Waals surface area contributed by atoms with Gasteiger partial charge in [0, 0.05) is 14.1 Å². The number of nitrogens with two attached hydrogens (primary N) is 1. The lowest BCUT2D eigenvalue weighted by Crippen LogP contribution is -2.17. The molecule has 0 amide bonds. The van der Waals surface area contributed by atoms with Crippen molar-refractivity contribution in [2.24, 2.45) is 0 Å². The van der Waals surface area contributed by atoms with Crippen LogP contribution in [0.3, 0.4) is 0 Å². The maximum Gasteiger partial charge on any atom is 0.230 e. The van der Waals surface area contributed by atoms with E-state index in [1.807, 2.05) is 44.4 Å². The summed E-state index contributed by atoms with van der Waals surface area (Å²) in [5.41, 5.74) is 6.20. The number of rotatable bonds is 5. The van der Waals surface area contributed by atoms with Crippen LogP contribution in [0.5, 0.6) is 5.75 Å². The second-order valence-electron chi connectivity index (χ2n) is 5.41. The van der Waals surface area contributed by atoms with E-state index in [0.717, 1.165) is 17.1 Å². The van der Waals surface area contributed by atoms with E-state index in [2.05, 4.69) is 15.0 Å². The van der Waals surface area contributed by atoms with Crippen molar-refractivity contribution in [1.82, 2.24) is 15.0 Å². The number of hydrogen-bond donors (Lipinski definition) is 1. The van der Waals surface area contributed by atoms with Gasteiger partial charge >= 0.3 is 0 Å². The summed E-state index contributed by atoms with van der Waals surface area (Å²) in [5.74, 6) is 1.46. The summed E-state index contributed by atoms with van der Waals surface area (Å²) in [5, 5.41) is 1.82. The van der Waals surface area contributed by atoms with E-state index in [-0.39, 0.29) is 12.6 Å². The lowest BCUT2D eigenvalue weighted by Gasteiger charge is -2.13. The summed E-state index contributed by atoms with van der Waals surface area (Å²) < 4.78 is 5.75. The normalized spacial score (nSPS) is 10.6. The van der Waals surface area contributed by atoms with Crippen LogP contribution >= 0.6 is 0 Å². The van der Waals surface area contributed by atoms with Crippen LogP contribution in [0.15, 0.2) is 36.4 Å². The van der Waals surface area contributed by atoms with Gasteiger partial charge in [-0.15, -0.1) is 0 Å². The van der Waals surface area contributed by atoms with Crippen LogP contribution in [0.2, 0.25) is 0 Å². The first-order valence-electron chi connectivity index (χ1n) is 7.36. The van der Waals surface area contributed by atoms with Gasteiger partial charge in [0.25, 0.3) is 0 Å². The van der Waals surface area contributed by atoms with E-state index in [1.165, 1.54) is 0 Å². The Bertz CT molecular complexity index is 895. The van der Waals surface area contributed by atoms with Crippen molar-refractivity contribution < 1.29 is 9.53 Å². The maximum absolute atomic E-state index is 11.5. The number of aromatic nitrogens is 3. The molecule has 0 saturated carbocycles. The van der Waals surface area contributed by atoms with Crippen molar-refractivity contribution >= 4 is 29.0 Å². The highest BCUT2D eigenvalue weighted by molar-refractivity contribution is 6.00. The van der Waals surface area contributed by atoms with Gasteiger partial charge in [0.1, 0.15) is 12.4 Å². The minimum atomic E-state index is 0.0900. The number of benzene rings is 2. The number of ether oxygens (including phenoxy) is 1. The first kappa shape index (κ1) is 15.7. The van der Waals surface area contributed by atoms with Crippen LogP contribution in [0, 0.1) is 0 Å².